The SMILES string of the molecule is COc1ccccc1-c1coc2c(C)c(OC)c(/C(C)=C/C(=O)NCCC(=O)O)cc12. The molecule has 2 aromatic carbocycles. The number of benzene rings is 2. The molecule has 0 saturated heterocycles. The summed E-state index contributed by atoms with van der Waals surface area (Å²) in [6, 6.07) is 9.61. The normalized spacial score (nSPS) is 11.4. The molecule has 0 aliphatic rings. The molecule has 3 rings (SSSR count). The molecule has 0 radical (unpaired) electrons. The minimum Gasteiger partial charge on any atom is -0.496 e. The number of ether oxygens (including phenoxy) is 2. The number of carbonyl (C=O) groups excluding carboxylic acids is 1. The molecule has 0 saturated carbocycles. The molecule has 1 heterocycles. The number of carboxylic acids is 1. The molecule has 7 heteroatoms. The van der Waals surface area contributed by atoms with E-state index in [2.05, 4.69) is 5.32 Å². The zero-order valence-electron chi connectivity index (χ0n) is 17.9. The van der Waals surface area contributed by atoms with Crippen molar-refractivity contribution in [2.24, 2.45) is 0 Å². The Balaban J connectivity index is 2.08. The first-order valence-electron chi connectivity index (χ1n) is 9.77. The molecule has 1 aromatic heterocycles. The van der Waals surface area contributed by atoms with E-state index in [9.17, 15) is 9.59 Å². The van der Waals surface area contributed by atoms with Crippen LogP contribution in [0.5, 0.6) is 11.5 Å². The number of allylic oxidation sites excluding steroid dienone is 1. The summed E-state index contributed by atoms with van der Waals surface area (Å²) in [6.45, 7) is 3.77. The van der Waals surface area contributed by atoms with Gasteiger partial charge in [0.2, 0.25) is 5.91 Å². The van der Waals surface area contributed by atoms with Crippen LogP contribution in [0, 0.1) is 6.92 Å². The second kappa shape index (κ2) is 9.38. The van der Waals surface area contributed by atoms with Crippen molar-refractivity contribution in [2.75, 3.05) is 20.8 Å². The van der Waals surface area contributed by atoms with Crippen LogP contribution < -0.4 is 14.8 Å². The van der Waals surface area contributed by atoms with Gasteiger partial charge in [-0.3, -0.25) is 9.59 Å². The Morgan fingerprint density at radius 2 is 1.90 bits per heavy atom. The average Bonchev–Trinajstić information content (AvgIpc) is 3.17. The summed E-state index contributed by atoms with van der Waals surface area (Å²) in [7, 11) is 3.19. The summed E-state index contributed by atoms with van der Waals surface area (Å²) in [5, 5.41) is 12.2. The number of hydrogen-bond acceptors (Lipinski definition) is 5. The summed E-state index contributed by atoms with van der Waals surface area (Å²) in [6.07, 6.45) is 2.99. The van der Waals surface area contributed by atoms with Crippen LogP contribution in [0.2, 0.25) is 0 Å². The van der Waals surface area contributed by atoms with Gasteiger partial charge in [0.15, 0.2) is 0 Å². The molecule has 162 valence electrons. The van der Waals surface area contributed by atoms with E-state index in [4.69, 9.17) is 19.0 Å². The number of amides is 1. The smallest absolute Gasteiger partial charge is 0.305 e. The number of methoxy groups -OCH3 is 2. The van der Waals surface area contributed by atoms with Crippen LogP contribution in [0.4, 0.5) is 0 Å². The van der Waals surface area contributed by atoms with Crippen molar-refractivity contribution < 1.29 is 28.6 Å². The lowest BCUT2D eigenvalue weighted by Crippen LogP contribution is -2.24. The highest BCUT2D eigenvalue weighted by Crippen LogP contribution is 2.42. The first-order valence-corrected chi connectivity index (χ1v) is 9.77. The summed E-state index contributed by atoms with van der Waals surface area (Å²) in [5.74, 6) is 0.00841. The van der Waals surface area contributed by atoms with E-state index in [-0.39, 0.29) is 18.9 Å². The Kier molecular flexibility index (Phi) is 6.65. The largest absolute Gasteiger partial charge is 0.496 e. The Hall–Kier alpha value is -3.74. The van der Waals surface area contributed by atoms with E-state index in [0.717, 1.165) is 33.4 Å². The minimum absolute atomic E-state index is 0.0623. The number of rotatable bonds is 8. The summed E-state index contributed by atoms with van der Waals surface area (Å²) >= 11 is 0. The number of nitrogens with one attached hydrogen (secondary N) is 1. The van der Waals surface area contributed by atoms with E-state index in [0.29, 0.717) is 16.9 Å². The molecule has 0 aliphatic carbocycles. The van der Waals surface area contributed by atoms with Crippen molar-refractivity contribution in [1.29, 1.82) is 0 Å². The van der Waals surface area contributed by atoms with Crippen LogP contribution in [-0.4, -0.2) is 37.7 Å². The maximum atomic E-state index is 12.2. The monoisotopic (exact) mass is 423 g/mol. The fraction of sp³-hybridized carbons (Fsp3) is 0.250. The van der Waals surface area contributed by atoms with Crippen LogP contribution in [-0.2, 0) is 9.59 Å². The average molecular weight is 423 g/mol. The molecule has 0 fully saturated rings. The zero-order chi connectivity index (χ0) is 22.5. The van der Waals surface area contributed by atoms with Gasteiger partial charge in [0.25, 0.3) is 0 Å². The Bertz CT molecular complexity index is 1160. The lowest BCUT2D eigenvalue weighted by Gasteiger charge is -2.14. The molecule has 3 aromatic rings. The second-order valence-corrected chi connectivity index (χ2v) is 7.07. The van der Waals surface area contributed by atoms with Gasteiger partial charge in [0, 0.05) is 40.3 Å². The van der Waals surface area contributed by atoms with Crippen molar-refractivity contribution in [3.63, 3.8) is 0 Å². The Morgan fingerprint density at radius 1 is 1.16 bits per heavy atom. The number of carbonyl (C=O) groups is 2. The van der Waals surface area contributed by atoms with Crippen molar-refractivity contribution in [3.05, 3.63) is 53.8 Å². The number of hydrogen-bond donors (Lipinski definition) is 2. The molecule has 0 aliphatic heterocycles. The van der Waals surface area contributed by atoms with E-state index in [1.165, 1.54) is 6.08 Å². The predicted octanol–water partition coefficient (Wildman–Crippen LogP) is 4.42. The van der Waals surface area contributed by atoms with E-state index in [1.54, 1.807) is 20.5 Å². The Labute approximate surface area is 180 Å². The molecule has 2 N–H and O–H groups in total. The molecular weight excluding hydrogens is 398 g/mol. The zero-order valence-corrected chi connectivity index (χ0v) is 17.9. The van der Waals surface area contributed by atoms with Crippen LogP contribution in [0.1, 0.15) is 24.5 Å². The number of para-hydroxylation sites is 1. The van der Waals surface area contributed by atoms with Crippen LogP contribution in [0.25, 0.3) is 27.7 Å². The molecule has 0 atom stereocenters. The quantitative estimate of drug-likeness (QED) is 0.521. The number of fused-ring (bicyclic) bond motifs is 1. The fourth-order valence-corrected chi connectivity index (χ4v) is 3.57. The van der Waals surface area contributed by atoms with Gasteiger partial charge >= 0.3 is 5.97 Å². The van der Waals surface area contributed by atoms with E-state index in [1.807, 2.05) is 44.2 Å². The molecular formula is C24H25NO6. The van der Waals surface area contributed by atoms with Gasteiger partial charge in [-0.2, -0.15) is 0 Å². The first-order chi connectivity index (χ1) is 14.9. The van der Waals surface area contributed by atoms with Crippen LogP contribution in [0.3, 0.4) is 0 Å². The van der Waals surface area contributed by atoms with Crippen LogP contribution >= 0.6 is 0 Å². The van der Waals surface area contributed by atoms with Crippen molar-refractivity contribution >= 4 is 28.4 Å². The minimum atomic E-state index is -0.965. The van der Waals surface area contributed by atoms with Gasteiger partial charge in [0.1, 0.15) is 17.1 Å². The highest BCUT2D eigenvalue weighted by molar-refractivity contribution is 6.02. The molecule has 0 unspecified atom stereocenters. The molecule has 31 heavy (non-hydrogen) atoms. The number of aliphatic carboxylic acids is 1. The molecule has 7 nitrogen and oxygen atoms in total. The van der Waals surface area contributed by atoms with Crippen molar-refractivity contribution in [1.82, 2.24) is 5.32 Å². The predicted molar refractivity (Wildman–Crippen MR) is 118 cm³/mol. The summed E-state index contributed by atoms with van der Waals surface area (Å²) in [4.78, 5) is 22.9. The van der Waals surface area contributed by atoms with Gasteiger partial charge in [-0.1, -0.05) is 18.2 Å². The first kappa shape index (κ1) is 22.0. The summed E-state index contributed by atoms with van der Waals surface area (Å²) < 4.78 is 17.0. The Morgan fingerprint density at radius 3 is 2.58 bits per heavy atom. The summed E-state index contributed by atoms with van der Waals surface area (Å²) in [5.41, 5.74) is 4.71. The van der Waals surface area contributed by atoms with Gasteiger partial charge in [0.05, 0.1) is 26.9 Å². The molecule has 0 spiro atoms. The van der Waals surface area contributed by atoms with E-state index < -0.39 is 5.97 Å². The molecule has 0 bridgehead atoms. The standard InChI is InChI=1S/C24H25NO6/c1-14(11-21(26)25-10-9-22(27)28)17-12-18-19(16-7-5-6-8-20(16)29-3)13-31-24(18)15(2)23(17)30-4/h5-8,11-13H,9-10H2,1-4H3,(H,25,26)(H,27,28)/b14-11+. The van der Waals surface area contributed by atoms with Crippen molar-refractivity contribution in [2.45, 2.75) is 20.3 Å². The highest BCUT2D eigenvalue weighted by atomic mass is 16.5. The van der Waals surface area contributed by atoms with Crippen molar-refractivity contribution in [3.8, 4) is 22.6 Å². The van der Waals surface area contributed by atoms with E-state index >= 15 is 0 Å². The van der Waals surface area contributed by atoms with Gasteiger partial charge in [-0.05, 0) is 31.6 Å². The second-order valence-electron chi connectivity index (χ2n) is 7.07. The maximum absolute atomic E-state index is 12.2. The topological polar surface area (TPSA) is 98.0 Å². The number of furan rings is 1. The molecule has 1 amide bonds. The third-order valence-electron chi connectivity index (χ3n) is 5.06. The fourth-order valence-electron chi connectivity index (χ4n) is 3.57. The third kappa shape index (κ3) is 4.55. The van der Waals surface area contributed by atoms with Gasteiger partial charge in [-0.25, -0.2) is 0 Å². The number of carboxylic acid groups (broad SMARTS) is 1. The van der Waals surface area contributed by atoms with Gasteiger partial charge in [-0.15, -0.1) is 0 Å². The number of aryl methyl sites for hydroxylation is 1. The third-order valence-corrected chi connectivity index (χ3v) is 5.06. The van der Waals surface area contributed by atoms with Crippen LogP contribution in [0.15, 0.2) is 47.1 Å². The van der Waals surface area contributed by atoms with Gasteiger partial charge < -0.3 is 24.3 Å². The lowest BCUT2D eigenvalue weighted by molar-refractivity contribution is -0.136. The lowest BCUT2D eigenvalue weighted by atomic mass is 9.96. The maximum Gasteiger partial charge on any atom is 0.305 e. The highest BCUT2D eigenvalue weighted by Gasteiger charge is 2.20.